The van der Waals surface area contributed by atoms with Gasteiger partial charge in [0.1, 0.15) is 0 Å². The molecule has 7 nitrogen and oxygen atoms in total. The molecule has 24 heavy (non-hydrogen) atoms. The van der Waals surface area contributed by atoms with Crippen molar-refractivity contribution in [3.63, 3.8) is 0 Å². The smallest absolute Gasteiger partial charge is 0.307 e. The van der Waals surface area contributed by atoms with Crippen LogP contribution in [0.5, 0.6) is 0 Å². The fourth-order valence-electron chi connectivity index (χ4n) is 2.17. The zero-order valence-electron chi connectivity index (χ0n) is 12.0. The normalized spacial score (nSPS) is 11.8. The van der Waals surface area contributed by atoms with Gasteiger partial charge in [-0.15, -0.1) is 0 Å². The van der Waals surface area contributed by atoms with Gasteiger partial charge in [-0.05, 0) is 17.7 Å². The van der Waals surface area contributed by atoms with Crippen molar-refractivity contribution in [3.8, 4) is 0 Å². The number of hydrogen-bond donors (Lipinski definition) is 0. The molecule has 0 saturated heterocycles. The minimum atomic E-state index is -5.08. The minimum absolute atomic E-state index is 0.0317. The monoisotopic (exact) mass is 358 g/mol. The van der Waals surface area contributed by atoms with Gasteiger partial charge in [0, 0.05) is 27.3 Å². The average Bonchev–Trinajstić information content (AvgIpc) is 2.51. The van der Waals surface area contributed by atoms with Gasteiger partial charge in [0.05, 0.1) is 10.6 Å². The molecule has 2 aromatic rings. The van der Waals surface area contributed by atoms with Crippen LogP contribution < -0.4 is 4.90 Å². The summed E-state index contributed by atoms with van der Waals surface area (Å²) < 4.78 is 64.4. The number of carbonyl (C=O) groups excluding carboxylic acids is 1. The largest absolute Gasteiger partial charge is 0.471 e. The summed E-state index contributed by atoms with van der Waals surface area (Å²) in [5, 5.41) is 0.121. The molecule has 1 amide bonds. The van der Waals surface area contributed by atoms with Gasteiger partial charge < -0.3 is 4.90 Å². The SMILES string of the molecule is CN(C(=O)C(F)(F)F)c1cccc2c(S(=O)(=O)N=[N+]=[N-])cccc12. The molecule has 0 aliphatic heterocycles. The first-order valence-corrected chi connectivity index (χ1v) is 7.71. The Hall–Kier alpha value is -2.78. The fourth-order valence-corrected chi connectivity index (χ4v) is 3.06. The molecule has 0 radical (unpaired) electrons. The Morgan fingerprint density at radius 1 is 1.17 bits per heavy atom. The summed E-state index contributed by atoms with van der Waals surface area (Å²) in [6.07, 6.45) is -5.08. The molecule has 0 spiro atoms. The highest BCUT2D eigenvalue weighted by molar-refractivity contribution is 7.90. The third-order valence-electron chi connectivity index (χ3n) is 3.19. The molecule has 11 heteroatoms. The molecule has 0 bridgehead atoms. The number of nitrogens with zero attached hydrogens (tertiary/aromatic N) is 4. The molecule has 0 aliphatic carbocycles. The maximum absolute atomic E-state index is 12.6. The fraction of sp³-hybridized carbons (Fsp3) is 0.154. The molecule has 0 saturated carbocycles. The van der Waals surface area contributed by atoms with Crippen molar-refractivity contribution in [2.45, 2.75) is 11.1 Å². The summed E-state index contributed by atoms with van der Waals surface area (Å²) in [5.74, 6) is -2.10. The van der Waals surface area contributed by atoms with Gasteiger partial charge in [-0.25, -0.2) is 8.42 Å². The van der Waals surface area contributed by atoms with Crippen LogP contribution in [-0.2, 0) is 14.8 Å². The molecule has 0 fully saturated rings. The number of azide groups is 1. The predicted molar refractivity (Wildman–Crippen MR) is 79.7 cm³/mol. The first-order chi connectivity index (χ1) is 11.1. The van der Waals surface area contributed by atoms with Crippen molar-refractivity contribution in [2.75, 3.05) is 11.9 Å². The first-order valence-electron chi connectivity index (χ1n) is 6.27. The van der Waals surface area contributed by atoms with Gasteiger partial charge in [0.15, 0.2) is 0 Å². The Balaban J connectivity index is 2.73. The van der Waals surface area contributed by atoms with Crippen molar-refractivity contribution in [2.24, 2.45) is 4.52 Å². The summed E-state index contributed by atoms with van der Waals surface area (Å²) in [6.45, 7) is 0. The summed E-state index contributed by atoms with van der Waals surface area (Å²) in [7, 11) is -3.42. The van der Waals surface area contributed by atoms with Crippen molar-refractivity contribution >= 4 is 32.4 Å². The van der Waals surface area contributed by atoms with E-state index in [4.69, 9.17) is 5.53 Å². The van der Waals surface area contributed by atoms with Crippen LogP contribution in [0.2, 0.25) is 0 Å². The van der Waals surface area contributed by atoms with Gasteiger partial charge in [-0.2, -0.15) is 13.2 Å². The molecule has 0 heterocycles. The summed E-state index contributed by atoms with van der Waals surface area (Å²) in [6, 6.07) is 7.67. The van der Waals surface area contributed by atoms with Crippen molar-refractivity contribution in [1.82, 2.24) is 0 Å². The van der Waals surface area contributed by atoms with Crippen LogP contribution in [0.3, 0.4) is 0 Å². The molecule has 0 atom stereocenters. The van der Waals surface area contributed by atoms with Crippen LogP contribution in [-0.4, -0.2) is 27.5 Å². The molecular weight excluding hydrogens is 349 g/mol. The highest BCUT2D eigenvalue weighted by Gasteiger charge is 2.42. The highest BCUT2D eigenvalue weighted by Crippen LogP contribution is 2.33. The van der Waals surface area contributed by atoms with E-state index in [2.05, 4.69) is 9.43 Å². The van der Waals surface area contributed by atoms with Crippen LogP contribution >= 0.6 is 0 Å². The van der Waals surface area contributed by atoms with E-state index in [9.17, 15) is 26.4 Å². The van der Waals surface area contributed by atoms with Crippen LogP contribution in [0, 0.1) is 0 Å². The maximum atomic E-state index is 12.6. The number of carbonyl (C=O) groups is 1. The van der Waals surface area contributed by atoms with Crippen LogP contribution in [0.1, 0.15) is 0 Å². The summed E-state index contributed by atoms with van der Waals surface area (Å²) >= 11 is 0. The van der Waals surface area contributed by atoms with Crippen LogP contribution in [0.15, 0.2) is 45.8 Å². The summed E-state index contributed by atoms with van der Waals surface area (Å²) in [5.41, 5.74) is 8.21. The lowest BCUT2D eigenvalue weighted by Crippen LogP contribution is -2.38. The van der Waals surface area contributed by atoms with Gasteiger partial charge in [0.25, 0.3) is 10.0 Å². The second kappa shape index (κ2) is 6.02. The number of halogens is 3. The molecule has 0 aromatic heterocycles. The Bertz CT molecular complexity index is 966. The second-order valence-corrected chi connectivity index (χ2v) is 6.19. The maximum Gasteiger partial charge on any atom is 0.471 e. The van der Waals surface area contributed by atoms with Gasteiger partial charge in [-0.3, -0.25) is 4.79 Å². The number of sulfonamides is 1. The molecular formula is C13H9F3N4O3S. The van der Waals surface area contributed by atoms with E-state index < -0.39 is 22.1 Å². The van der Waals surface area contributed by atoms with Gasteiger partial charge in [0.2, 0.25) is 0 Å². The Morgan fingerprint density at radius 3 is 2.33 bits per heavy atom. The Morgan fingerprint density at radius 2 is 1.75 bits per heavy atom. The third kappa shape index (κ3) is 3.12. The topological polar surface area (TPSA) is 103 Å². The van der Waals surface area contributed by atoms with E-state index in [-0.39, 0.29) is 21.4 Å². The number of rotatable bonds is 3. The van der Waals surface area contributed by atoms with Crippen molar-refractivity contribution in [1.29, 1.82) is 0 Å². The van der Waals surface area contributed by atoms with Crippen LogP contribution in [0.4, 0.5) is 18.9 Å². The summed E-state index contributed by atoms with van der Waals surface area (Å²) in [4.78, 5) is 13.7. The first kappa shape index (κ1) is 17.6. The number of amides is 1. The molecule has 2 aromatic carbocycles. The van der Waals surface area contributed by atoms with E-state index in [1.165, 1.54) is 30.3 Å². The molecule has 0 aliphatic rings. The zero-order valence-corrected chi connectivity index (χ0v) is 12.8. The van der Waals surface area contributed by atoms with E-state index in [1.54, 1.807) is 0 Å². The number of anilines is 1. The van der Waals surface area contributed by atoms with Crippen molar-refractivity contribution < 1.29 is 26.4 Å². The zero-order chi connectivity index (χ0) is 18.1. The Labute approximate surface area is 134 Å². The van der Waals surface area contributed by atoms with Gasteiger partial charge in [-0.1, -0.05) is 24.3 Å². The third-order valence-corrected chi connectivity index (χ3v) is 4.39. The minimum Gasteiger partial charge on any atom is -0.307 e. The number of fused-ring (bicyclic) bond motifs is 1. The molecule has 126 valence electrons. The Kier molecular flexibility index (Phi) is 4.41. The van der Waals surface area contributed by atoms with E-state index in [1.807, 2.05) is 0 Å². The van der Waals surface area contributed by atoms with Crippen LogP contribution in [0.25, 0.3) is 21.2 Å². The lowest BCUT2D eigenvalue weighted by Gasteiger charge is -2.21. The van der Waals surface area contributed by atoms with E-state index in [0.717, 1.165) is 13.1 Å². The van der Waals surface area contributed by atoms with Gasteiger partial charge >= 0.3 is 12.1 Å². The predicted octanol–water partition coefficient (Wildman–Crippen LogP) is 3.36. The lowest BCUT2D eigenvalue weighted by molar-refractivity contribution is -0.170. The van der Waals surface area contributed by atoms with Crippen molar-refractivity contribution in [3.05, 3.63) is 46.8 Å². The molecule has 0 unspecified atom stereocenters. The number of benzene rings is 2. The molecule has 0 N–H and O–H groups in total. The standard InChI is InChI=1S/C13H9F3N4O3S/c1-20(12(21)13(14,15)16)10-6-2-5-9-8(10)4-3-7-11(9)24(22,23)19-18-17/h2-7H,1H3. The number of alkyl halides is 3. The average molecular weight is 358 g/mol. The highest BCUT2D eigenvalue weighted by atomic mass is 32.2. The van der Waals surface area contributed by atoms with E-state index >= 15 is 0 Å². The lowest BCUT2D eigenvalue weighted by atomic mass is 10.1. The number of hydrogen-bond acceptors (Lipinski definition) is 3. The second-order valence-electron chi connectivity index (χ2n) is 4.64. The van der Waals surface area contributed by atoms with E-state index in [0.29, 0.717) is 4.90 Å². The molecule has 2 rings (SSSR count). The quantitative estimate of drug-likeness (QED) is 0.477.